The molecule has 2 N–H and O–H groups in total. The van der Waals surface area contributed by atoms with Crippen molar-refractivity contribution in [2.45, 2.75) is 51.2 Å². The summed E-state index contributed by atoms with van der Waals surface area (Å²) in [6.45, 7) is 5.95. The molecular formula is C18H27NO3S. The first kappa shape index (κ1) is 19.7. The zero-order valence-electron chi connectivity index (χ0n) is 14.2. The van der Waals surface area contributed by atoms with Gasteiger partial charge >= 0.3 is 0 Å². The van der Waals surface area contributed by atoms with E-state index in [1.807, 2.05) is 31.2 Å². The molecule has 0 aliphatic heterocycles. The van der Waals surface area contributed by atoms with Crippen LogP contribution in [-0.4, -0.2) is 31.9 Å². The minimum absolute atomic E-state index is 0.107. The van der Waals surface area contributed by atoms with Gasteiger partial charge in [-0.3, -0.25) is 0 Å². The van der Waals surface area contributed by atoms with Gasteiger partial charge in [0.05, 0.1) is 5.25 Å². The number of aliphatic hydroxyl groups is 1. The summed E-state index contributed by atoms with van der Waals surface area (Å²) in [4.78, 5) is 0. The van der Waals surface area contributed by atoms with Gasteiger partial charge < -0.3 is 5.11 Å². The number of nitrogens with one attached hydrogen (secondary N) is 1. The largest absolute Gasteiger partial charge is 0.396 e. The molecule has 0 aromatic heterocycles. The van der Waals surface area contributed by atoms with Crippen LogP contribution in [0.5, 0.6) is 0 Å². The predicted molar refractivity (Wildman–Crippen MR) is 94.7 cm³/mol. The molecule has 0 saturated carbocycles. The molecule has 1 unspecified atom stereocenters. The van der Waals surface area contributed by atoms with E-state index in [1.165, 1.54) is 0 Å². The molecule has 4 nitrogen and oxygen atoms in total. The molecule has 0 spiro atoms. The minimum Gasteiger partial charge on any atom is -0.396 e. The number of aliphatic hydroxyl groups excluding tert-OH is 1. The van der Waals surface area contributed by atoms with E-state index in [9.17, 15) is 8.42 Å². The van der Waals surface area contributed by atoms with E-state index in [4.69, 9.17) is 5.11 Å². The van der Waals surface area contributed by atoms with Gasteiger partial charge in [-0.05, 0) is 50.3 Å². The summed E-state index contributed by atoms with van der Waals surface area (Å²) in [5.41, 5.74) is 2.04. The van der Waals surface area contributed by atoms with E-state index < -0.39 is 15.3 Å². The molecule has 1 atom stereocenters. The van der Waals surface area contributed by atoms with Crippen LogP contribution < -0.4 is 4.72 Å². The molecule has 0 radical (unpaired) electrons. The number of hydrogen-bond acceptors (Lipinski definition) is 3. The molecular weight excluding hydrogens is 310 g/mol. The fourth-order valence-corrected chi connectivity index (χ4v) is 2.73. The molecule has 0 saturated heterocycles. The lowest BCUT2D eigenvalue weighted by molar-refractivity contribution is 0.285. The smallest absolute Gasteiger partial charge is 0.213 e. The monoisotopic (exact) mass is 337 g/mol. The second-order valence-corrected chi connectivity index (χ2v) is 8.27. The van der Waals surface area contributed by atoms with Gasteiger partial charge in [0.15, 0.2) is 0 Å². The van der Waals surface area contributed by atoms with E-state index in [0.717, 1.165) is 30.4 Å². The van der Waals surface area contributed by atoms with E-state index in [-0.39, 0.29) is 12.5 Å². The summed E-state index contributed by atoms with van der Waals surface area (Å²) < 4.78 is 26.2. The van der Waals surface area contributed by atoms with Crippen LogP contribution in [0.25, 0.3) is 0 Å². The summed E-state index contributed by atoms with van der Waals surface area (Å²) >= 11 is 0. The van der Waals surface area contributed by atoms with Crippen LogP contribution in [0.2, 0.25) is 0 Å². The Morgan fingerprint density at radius 2 is 1.78 bits per heavy atom. The van der Waals surface area contributed by atoms with Crippen molar-refractivity contribution < 1.29 is 13.5 Å². The second kappa shape index (κ2) is 9.71. The average Bonchev–Trinajstić information content (AvgIpc) is 2.53. The summed E-state index contributed by atoms with van der Waals surface area (Å²) in [5.74, 6) is 6.29. The molecule has 128 valence electrons. The van der Waals surface area contributed by atoms with Crippen LogP contribution in [0.3, 0.4) is 0 Å². The Balaban J connectivity index is 2.55. The SMILES string of the molecule is CC(CNS(=O)(=O)C(C)C)c1ccc(C#CCCCCO)cc1. The Kier molecular flexibility index (Phi) is 8.32. The van der Waals surface area contributed by atoms with Gasteiger partial charge in [0.1, 0.15) is 0 Å². The molecule has 23 heavy (non-hydrogen) atoms. The van der Waals surface area contributed by atoms with Crippen molar-refractivity contribution in [3.8, 4) is 11.8 Å². The molecule has 0 bridgehead atoms. The van der Waals surface area contributed by atoms with Crippen molar-refractivity contribution in [2.75, 3.05) is 13.2 Å². The molecule has 0 aliphatic rings. The third-order valence-corrected chi connectivity index (χ3v) is 5.44. The fraction of sp³-hybridized carbons (Fsp3) is 0.556. The van der Waals surface area contributed by atoms with Crippen LogP contribution in [-0.2, 0) is 10.0 Å². The van der Waals surface area contributed by atoms with E-state index in [0.29, 0.717) is 6.54 Å². The lowest BCUT2D eigenvalue weighted by atomic mass is 10.0. The number of sulfonamides is 1. The number of hydrogen-bond donors (Lipinski definition) is 2. The highest BCUT2D eigenvalue weighted by Gasteiger charge is 2.16. The van der Waals surface area contributed by atoms with Gasteiger partial charge in [0.2, 0.25) is 10.0 Å². The first-order chi connectivity index (χ1) is 10.9. The van der Waals surface area contributed by atoms with E-state index in [1.54, 1.807) is 13.8 Å². The van der Waals surface area contributed by atoms with E-state index >= 15 is 0 Å². The maximum absolute atomic E-state index is 11.8. The first-order valence-corrected chi connectivity index (χ1v) is 9.59. The predicted octanol–water partition coefficient (Wildman–Crippen LogP) is 2.63. The molecule has 0 heterocycles. The highest BCUT2D eigenvalue weighted by molar-refractivity contribution is 7.90. The average molecular weight is 337 g/mol. The topological polar surface area (TPSA) is 66.4 Å². The third-order valence-electron chi connectivity index (χ3n) is 3.63. The first-order valence-electron chi connectivity index (χ1n) is 8.05. The van der Waals surface area contributed by atoms with Crippen molar-refractivity contribution in [3.05, 3.63) is 35.4 Å². The van der Waals surface area contributed by atoms with Crippen LogP contribution in [0.15, 0.2) is 24.3 Å². The molecule has 0 amide bonds. The zero-order valence-corrected chi connectivity index (χ0v) is 15.0. The fourth-order valence-electron chi connectivity index (χ4n) is 1.91. The van der Waals surface area contributed by atoms with Crippen molar-refractivity contribution in [3.63, 3.8) is 0 Å². The van der Waals surface area contributed by atoms with Crippen molar-refractivity contribution in [1.82, 2.24) is 4.72 Å². The standard InChI is InChI=1S/C18H27NO3S/c1-15(2)23(21,22)19-14-16(3)18-11-9-17(10-12-18)8-6-4-5-7-13-20/h9-12,15-16,19-20H,4-5,7,13-14H2,1-3H3. The molecule has 5 heteroatoms. The maximum Gasteiger partial charge on any atom is 0.213 e. The number of unbranched alkanes of at least 4 members (excludes halogenated alkanes) is 2. The van der Waals surface area contributed by atoms with Crippen molar-refractivity contribution in [2.24, 2.45) is 0 Å². The zero-order chi connectivity index (χ0) is 17.3. The highest BCUT2D eigenvalue weighted by Crippen LogP contribution is 2.15. The normalized spacial score (nSPS) is 12.7. The van der Waals surface area contributed by atoms with Crippen molar-refractivity contribution in [1.29, 1.82) is 0 Å². The van der Waals surface area contributed by atoms with Crippen LogP contribution in [0.4, 0.5) is 0 Å². The maximum atomic E-state index is 11.8. The Morgan fingerprint density at radius 1 is 1.13 bits per heavy atom. The summed E-state index contributed by atoms with van der Waals surface area (Å²) in [7, 11) is -3.22. The summed E-state index contributed by atoms with van der Waals surface area (Å²) in [5, 5.41) is 8.28. The van der Waals surface area contributed by atoms with Gasteiger partial charge in [0, 0.05) is 25.1 Å². The van der Waals surface area contributed by atoms with Gasteiger partial charge in [-0.1, -0.05) is 30.9 Å². The quantitative estimate of drug-likeness (QED) is 0.566. The van der Waals surface area contributed by atoms with Crippen LogP contribution in [0.1, 0.15) is 57.1 Å². The third kappa shape index (κ3) is 7.17. The van der Waals surface area contributed by atoms with Crippen LogP contribution in [0, 0.1) is 11.8 Å². The minimum atomic E-state index is -3.22. The Morgan fingerprint density at radius 3 is 2.35 bits per heavy atom. The highest BCUT2D eigenvalue weighted by atomic mass is 32.2. The molecule has 0 aliphatic carbocycles. The lowest BCUT2D eigenvalue weighted by Gasteiger charge is -2.15. The van der Waals surface area contributed by atoms with Crippen molar-refractivity contribution >= 4 is 10.0 Å². The van der Waals surface area contributed by atoms with Gasteiger partial charge in [-0.15, -0.1) is 0 Å². The van der Waals surface area contributed by atoms with Gasteiger partial charge in [0.25, 0.3) is 0 Å². The Hall–Kier alpha value is -1.35. The summed E-state index contributed by atoms with van der Waals surface area (Å²) in [6.07, 6.45) is 2.49. The number of rotatable bonds is 8. The molecule has 1 rings (SSSR count). The van der Waals surface area contributed by atoms with Crippen LogP contribution >= 0.6 is 0 Å². The molecule has 0 fully saturated rings. The Bertz CT molecular complexity index is 624. The van der Waals surface area contributed by atoms with Gasteiger partial charge in [-0.2, -0.15) is 0 Å². The molecule has 1 aromatic carbocycles. The van der Waals surface area contributed by atoms with E-state index in [2.05, 4.69) is 16.6 Å². The Labute approximate surface area is 140 Å². The lowest BCUT2D eigenvalue weighted by Crippen LogP contribution is -2.33. The summed E-state index contributed by atoms with van der Waals surface area (Å²) in [6, 6.07) is 7.90. The molecule has 1 aromatic rings. The van der Waals surface area contributed by atoms with Gasteiger partial charge in [-0.25, -0.2) is 13.1 Å². The second-order valence-electron chi connectivity index (χ2n) is 5.95. The number of benzene rings is 1.